The number of rotatable bonds is 5. The number of carbonyl (C=O) groups excluding carboxylic acids is 1. The molecule has 2 N–H and O–H groups in total. The Hall–Kier alpha value is -2.55. The van der Waals surface area contributed by atoms with Crippen LogP contribution in [0.1, 0.15) is 23.6 Å². The summed E-state index contributed by atoms with van der Waals surface area (Å²) >= 11 is 0. The number of hydrogen-bond donors (Lipinski definition) is 2. The highest BCUT2D eigenvalue weighted by Crippen LogP contribution is 2.32. The van der Waals surface area contributed by atoms with E-state index >= 15 is 0 Å². The fraction of sp³-hybridized carbons (Fsp3) is 0.400. The molecule has 110 valence electrons. The third-order valence-electron chi connectivity index (χ3n) is 3.45. The standard InChI is InChI=1S/C15H16N2O4/c1-9(17-15(19)20)8-21-13-4-11-2-10(7-18)3-14(11)12(5-13)6-16/h4-5,7,9-10,17H,2-3,8H2,1H3,(H,19,20). The molecule has 2 rings (SSSR count). The van der Waals surface area contributed by atoms with Crippen LogP contribution in [0.5, 0.6) is 5.75 Å². The summed E-state index contributed by atoms with van der Waals surface area (Å²) in [6, 6.07) is 5.23. The topological polar surface area (TPSA) is 99.4 Å². The molecule has 6 heteroatoms. The van der Waals surface area contributed by atoms with Gasteiger partial charge in [-0.1, -0.05) is 0 Å². The maximum Gasteiger partial charge on any atom is 0.404 e. The molecule has 0 saturated heterocycles. The normalized spacial score (nSPS) is 17.4. The Labute approximate surface area is 122 Å². The fourth-order valence-electron chi connectivity index (χ4n) is 2.50. The van der Waals surface area contributed by atoms with E-state index in [1.165, 1.54) is 0 Å². The van der Waals surface area contributed by atoms with E-state index in [1.54, 1.807) is 13.0 Å². The summed E-state index contributed by atoms with van der Waals surface area (Å²) in [6.07, 6.45) is 1.03. The minimum Gasteiger partial charge on any atom is -0.491 e. The molecule has 2 atom stereocenters. The predicted octanol–water partition coefficient (Wildman–Crippen LogP) is 1.51. The van der Waals surface area contributed by atoms with Gasteiger partial charge in [0.2, 0.25) is 0 Å². The lowest BCUT2D eigenvalue weighted by Crippen LogP contribution is -2.35. The zero-order valence-electron chi connectivity index (χ0n) is 11.6. The van der Waals surface area contributed by atoms with Gasteiger partial charge in [0.15, 0.2) is 0 Å². The molecule has 2 unspecified atom stereocenters. The Morgan fingerprint density at radius 2 is 2.38 bits per heavy atom. The Balaban J connectivity index is 2.11. The van der Waals surface area contributed by atoms with E-state index in [1.807, 2.05) is 6.07 Å². The van der Waals surface area contributed by atoms with E-state index in [2.05, 4.69) is 11.4 Å². The van der Waals surface area contributed by atoms with E-state index < -0.39 is 6.09 Å². The smallest absolute Gasteiger partial charge is 0.404 e. The minimum absolute atomic E-state index is 0.0741. The predicted molar refractivity (Wildman–Crippen MR) is 74.2 cm³/mol. The summed E-state index contributed by atoms with van der Waals surface area (Å²) in [6.45, 7) is 1.86. The molecule has 0 fully saturated rings. The molecule has 0 heterocycles. The zero-order chi connectivity index (χ0) is 15.4. The summed E-state index contributed by atoms with van der Waals surface area (Å²) in [7, 11) is 0. The SMILES string of the molecule is CC(COc1cc(C#N)c2c(c1)CC(C=O)C2)NC(=O)O. The van der Waals surface area contributed by atoms with Crippen molar-refractivity contribution in [1.82, 2.24) is 5.32 Å². The summed E-state index contributed by atoms with van der Waals surface area (Å²) < 4.78 is 5.54. The molecular weight excluding hydrogens is 272 g/mol. The average molecular weight is 288 g/mol. The van der Waals surface area contributed by atoms with Gasteiger partial charge in [0.1, 0.15) is 18.6 Å². The molecule has 0 bridgehead atoms. The van der Waals surface area contributed by atoms with Gasteiger partial charge in [-0.2, -0.15) is 5.26 Å². The summed E-state index contributed by atoms with van der Waals surface area (Å²) in [5.74, 6) is 0.450. The average Bonchev–Trinajstić information content (AvgIpc) is 2.86. The van der Waals surface area contributed by atoms with Crippen molar-refractivity contribution in [2.45, 2.75) is 25.8 Å². The van der Waals surface area contributed by atoms with Gasteiger partial charge in [0.25, 0.3) is 0 Å². The highest BCUT2D eigenvalue weighted by atomic mass is 16.5. The van der Waals surface area contributed by atoms with Crippen LogP contribution in [-0.2, 0) is 17.6 Å². The van der Waals surface area contributed by atoms with Crippen LogP contribution in [0.4, 0.5) is 4.79 Å². The second-order valence-corrected chi connectivity index (χ2v) is 5.19. The monoisotopic (exact) mass is 288 g/mol. The molecule has 0 radical (unpaired) electrons. The molecule has 0 spiro atoms. The zero-order valence-corrected chi connectivity index (χ0v) is 11.6. The minimum atomic E-state index is -1.11. The number of aldehydes is 1. The molecule has 0 aliphatic heterocycles. The van der Waals surface area contributed by atoms with E-state index in [4.69, 9.17) is 9.84 Å². The molecule has 1 amide bonds. The number of benzene rings is 1. The Kier molecular flexibility index (Phi) is 4.43. The van der Waals surface area contributed by atoms with Gasteiger partial charge in [-0.15, -0.1) is 0 Å². The second kappa shape index (κ2) is 6.27. The van der Waals surface area contributed by atoms with Gasteiger partial charge >= 0.3 is 6.09 Å². The molecule has 0 saturated carbocycles. The van der Waals surface area contributed by atoms with Crippen LogP contribution in [0, 0.1) is 17.2 Å². The number of ether oxygens (including phenoxy) is 1. The summed E-state index contributed by atoms with van der Waals surface area (Å²) in [5, 5.41) is 20.1. The van der Waals surface area contributed by atoms with E-state index in [9.17, 15) is 14.9 Å². The fourth-order valence-corrected chi connectivity index (χ4v) is 2.50. The first-order valence-electron chi connectivity index (χ1n) is 6.67. The van der Waals surface area contributed by atoms with Crippen molar-refractivity contribution in [3.05, 3.63) is 28.8 Å². The summed E-state index contributed by atoms with van der Waals surface area (Å²) in [5.41, 5.74) is 2.39. The van der Waals surface area contributed by atoms with Crippen molar-refractivity contribution in [1.29, 1.82) is 5.26 Å². The Morgan fingerprint density at radius 1 is 1.62 bits per heavy atom. The third-order valence-corrected chi connectivity index (χ3v) is 3.45. The number of nitrogens with zero attached hydrogens (tertiary/aromatic N) is 1. The lowest BCUT2D eigenvalue weighted by Gasteiger charge is -2.14. The van der Waals surface area contributed by atoms with Gasteiger partial charge in [-0.05, 0) is 43.0 Å². The largest absolute Gasteiger partial charge is 0.491 e. The van der Waals surface area contributed by atoms with Crippen molar-refractivity contribution in [2.24, 2.45) is 5.92 Å². The first kappa shape index (κ1) is 14.9. The molecular formula is C15H16N2O4. The lowest BCUT2D eigenvalue weighted by atomic mass is 10.0. The molecule has 6 nitrogen and oxygen atoms in total. The van der Waals surface area contributed by atoms with Crippen LogP contribution in [0.2, 0.25) is 0 Å². The number of carbonyl (C=O) groups is 2. The van der Waals surface area contributed by atoms with Crippen LogP contribution in [0.15, 0.2) is 12.1 Å². The van der Waals surface area contributed by atoms with Crippen molar-refractivity contribution in [3.63, 3.8) is 0 Å². The maximum absolute atomic E-state index is 10.9. The number of hydrogen-bond acceptors (Lipinski definition) is 4. The summed E-state index contributed by atoms with van der Waals surface area (Å²) in [4.78, 5) is 21.4. The molecule has 1 aliphatic carbocycles. The van der Waals surface area contributed by atoms with Gasteiger partial charge < -0.3 is 20.0 Å². The van der Waals surface area contributed by atoms with Crippen LogP contribution < -0.4 is 10.1 Å². The van der Waals surface area contributed by atoms with Crippen molar-refractivity contribution >= 4 is 12.4 Å². The first-order chi connectivity index (χ1) is 10.0. The van der Waals surface area contributed by atoms with Gasteiger partial charge in [-0.3, -0.25) is 0 Å². The van der Waals surface area contributed by atoms with E-state index in [0.717, 1.165) is 17.4 Å². The van der Waals surface area contributed by atoms with Crippen molar-refractivity contribution in [3.8, 4) is 11.8 Å². The van der Waals surface area contributed by atoms with Gasteiger partial charge in [0.05, 0.1) is 17.7 Å². The number of fused-ring (bicyclic) bond motifs is 1. The lowest BCUT2D eigenvalue weighted by molar-refractivity contribution is -0.110. The molecule has 21 heavy (non-hydrogen) atoms. The molecule has 1 aromatic carbocycles. The number of nitriles is 1. The molecule has 1 aromatic rings. The van der Waals surface area contributed by atoms with Crippen molar-refractivity contribution < 1.29 is 19.4 Å². The number of amides is 1. The highest BCUT2D eigenvalue weighted by Gasteiger charge is 2.24. The molecule has 1 aliphatic rings. The number of nitrogens with one attached hydrogen (secondary N) is 1. The van der Waals surface area contributed by atoms with E-state index in [-0.39, 0.29) is 18.6 Å². The van der Waals surface area contributed by atoms with Crippen LogP contribution in [-0.4, -0.2) is 30.1 Å². The quantitative estimate of drug-likeness (QED) is 0.800. The number of carboxylic acid groups (broad SMARTS) is 1. The van der Waals surface area contributed by atoms with Crippen molar-refractivity contribution in [2.75, 3.05) is 6.61 Å². The Morgan fingerprint density at radius 3 is 3.00 bits per heavy atom. The Bertz CT molecular complexity index is 606. The second-order valence-electron chi connectivity index (χ2n) is 5.19. The van der Waals surface area contributed by atoms with Crippen LogP contribution >= 0.6 is 0 Å². The maximum atomic E-state index is 10.9. The van der Waals surface area contributed by atoms with E-state index in [0.29, 0.717) is 24.2 Å². The first-order valence-corrected chi connectivity index (χ1v) is 6.67. The van der Waals surface area contributed by atoms with Gasteiger partial charge in [0, 0.05) is 5.92 Å². The highest BCUT2D eigenvalue weighted by molar-refractivity contribution is 5.64. The third kappa shape index (κ3) is 3.51. The van der Waals surface area contributed by atoms with Crippen LogP contribution in [0.25, 0.3) is 0 Å². The van der Waals surface area contributed by atoms with Crippen LogP contribution in [0.3, 0.4) is 0 Å². The molecule has 0 aromatic heterocycles. The van der Waals surface area contributed by atoms with Gasteiger partial charge in [-0.25, -0.2) is 4.79 Å².